The third kappa shape index (κ3) is 3.39. The SMILES string of the molecule is CC(NC(=O)NC1(C)CCOC1)C(=O)O. The molecular weight excluding hydrogens is 200 g/mol. The van der Waals surface area contributed by atoms with Gasteiger partial charge in [0.2, 0.25) is 0 Å². The van der Waals surface area contributed by atoms with Gasteiger partial charge in [-0.05, 0) is 20.3 Å². The first kappa shape index (κ1) is 11.8. The fourth-order valence-corrected chi connectivity index (χ4v) is 1.33. The molecule has 0 aromatic heterocycles. The molecule has 86 valence electrons. The highest BCUT2D eigenvalue weighted by atomic mass is 16.5. The van der Waals surface area contributed by atoms with Gasteiger partial charge in [-0.1, -0.05) is 0 Å². The Labute approximate surface area is 88.0 Å². The summed E-state index contributed by atoms with van der Waals surface area (Å²) in [5.74, 6) is -1.06. The third-order valence-corrected chi connectivity index (χ3v) is 2.35. The maximum Gasteiger partial charge on any atom is 0.325 e. The van der Waals surface area contributed by atoms with Gasteiger partial charge in [-0.2, -0.15) is 0 Å². The molecule has 0 bridgehead atoms. The zero-order valence-electron chi connectivity index (χ0n) is 8.87. The third-order valence-electron chi connectivity index (χ3n) is 2.35. The Kier molecular flexibility index (Phi) is 3.52. The number of carboxylic acid groups (broad SMARTS) is 1. The number of carbonyl (C=O) groups is 2. The average Bonchev–Trinajstić information content (AvgIpc) is 2.50. The minimum atomic E-state index is -1.06. The monoisotopic (exact) mass is 216 g/mol. The van der Waals surface area contributed by atoms with E-state index in [1.165, 1.54) is 6.92 Å². The molecule has 1 aliphatic heterocycles. The van der Waals surface area contributed by atoms with Crippen LogP contribution in [0.1, 0.15) is 20.3 Å². The van der Waals surface area contributed by atoms with E-state index < -0.39 is 18.0 Å². The largest absolute Gasteiger partial charge is 0.480 e. The van der Waals surface area contributed by atoms with Gasteiger partial charge in [-0.15, -0.1) is 0 Å². The van der Waals surface area contributed by atoms with Gasteiger partial charge in [0.25, 0.3) is 0 Å². The van der Waals surface area contributed by atoms with E-state index in [1.54, 1.807) is 0 Å². The van der Waals surface area contributed by atoms with Crippen LogP contribution in [0, 0.1) is 0 Å². The molecule has 6 heteroatoms. The standard InChI is InChI=1S/C9H16N2O4/c1-6(7(12)13)10-8(14)11-9(2)3-4-15-5-9/h6H,3-5H2,1-2H3,(H,12,13)(H2,10,11,14). The molecule has 0 aromatic carbocycles. The molecule has 0 aliphatic carbocycles. The van der Waals surface area contributed by atoms with Crippen LogP contribution in [-0.4, -0.2) is 41.9 Å². The van der Waals surface area contributed by atoms with E-state index >= 15 is 0 Å². The van der Waals surface area contributed by atoms with Crippen LogP contribution in [0.25, 0.3) is 0 Å². The van der Waals surface area contributed by atoms with Crippen LogP contribution < -0.4 is 10.6 Å². The summed E-state index contributed by atoms with van der Waals surface area (Å²) in [5.41, 5.74) is -0.387. The second-order valence-electron chi connectivity index (χ2n) is 4.02. The van der Waals surface area contributed by atoms with E-state index in [9.17, 15) is 9.59 Å². The summed E-state index contributed by atoms with van der Waals surface area (Å²) in [6.45, 7) is 4.35. The van der Waals surface area contributed by atoms with Crippen molar-refractivity contribution in [1.29, 1.82) is 0 Å². The zero-order chi connectivity index (χ0) is 11.5. The van der Waals surface area contributed by atoms with E-state index in [2.05, 4.69) is 10.6 Å². The van der Waals surface area contributed by atoms with Crippen molar-refractivity contribution in [3.63, 3.8) is 0 Å². The molecule has 0 spiro atoms. The minimum Gasteiger partial charge on any atom is -0.480 e. The number of nitrogens with one attached hydrogen (secondary N) is 2. The normalized spacial score (nSPS) is 27.1. The second-order valence-corrected chi connectivity index (χ2v) is 4.02. The number of carbonyl (C=O) groups excluding carboxylic acids is 1. The Morgan fingerprint density at radius 1 is 1.53 bits per heavy atom. The van der Waals surface area contributed by atoms with Gasteiger partial charge in [0.05, 0.1) is 12.1 Å². The number of hydrogen-bond donors (Lipinski definition) is 3. The highest BCUT2D eigenvalue weighted by Gasteiger charge is 2.31. The van der Waals surface area contributed by atoms with Crippen molar-refractivity contribution in [2.75, 3.05) is 13.2 Å². The Morgan fingerprint density at radius 3 is 2.67 bits per heavy atom. The molecule has 2 atom stereocenters. The Morgan fingerprint density at radius 2 is 2.20 bits per heavy atom. The predicted octanol–water partition coefficient (Wildman–Crippen LogP) is -0.0623. The van der Waals surface area contributed by atoms with Gasteiger partial charge >= 0.3 is 12.0 Å². The molecule has 1 saturated heterocycles. The van der Waals surface area contributed by atoms with Crippen molar-refractivity contribution < 1.29 is 19.4 Å². The molecule has 1 heterocycles. The number of urea groups is 1. The lowest BCUT2D eigenvalue weighted by atomic mass is 10.0. The van der Waals surface area contributed by atoms with E-state index in [-0.39, 0.29) is 5.54 Å². The predicted molar refractivity (Wildman–Crippen MR) is 52.6 cm³/mol. The molecule has 3 N–H and O–H groups in total. The number of aliphatic carboxylic acids is 1. The highest BCUT2D eigenvalue weighted by molar-refractivity contribution is 5.82. The van der Waals surface area contributed by atoms with Crippen molar-refractivity contribution in [3.05, 3.63) is 0 Å². The van der Waals surface area contributed by atoms with Crippen LogP contribution in [0.15, 0.2) is 0 Å². The van der Waals surface area contributed by atoms with Gasteiger partial charge < -0.3 is 20.5 Å². The first-order valence-corrected chi connectivity index (χ1v) is 4.82. The van der Waals surface area contributed by atoms with Gasteiger partial charge in [0.1, 0.15) is 6.04 Å². The van der Waals surface area contributed by atoms with Gasteiger partial charge in [-0.25, -0.2) is 4.79 Å². The maximum atomic E-state index is 11.4. The molecule has 2 amide bonds. The van der Waals surface area contributed by atoms with Gasteiger partial charge in [0.15, 0.2) is 0 Å². The van der Waals surface area contributed by atoms with Gasteiger partial charge in [0, 0.05) is 6.61 Å². The summed E-state index contributed by atoms with van der Waals surface area (Å²) in [6, 6.07) is -1.37. The lowest BCUT2D eigenvalue weighted by Gasteiger charge is -2.24. The van der Waals surface area contributed by atoms with Crippen molar-refractivity contribution in [1.82, 2.24) is 10.6 Å². The van der Waals surface area contributed by atoms with Crippen molar-refractivity contribution in [3.8, 4) is 0 Å². The van der Waals surface area contributed by atoms with E-state index in [1.807, 2.05) is 6.92 Å². The van der Waals surface area contributed by atoms with Crippen LogP contribution in [0.4, 0.5) is 4.79 Å². The van der Waals surface area contributed by atoms with Crippen LogP contribution in [0.3, 0.4) is 0 Å². The van der Waals surface area contributed by atoms with Crippen molar-refractivity contribution in [2.24, 2.45) is 0 Å². The van der Waals surface area contributed by atoms with E-state index in [0.717, 1.165) is 6.42 Å². The van der Waals surface area contributed by atoms with E-state index in [0.29, 0.717) is 13.2 Å². The number of carboxylic acids is 1. The molecule has 0 aromatic rings. The Bertz CT molecular complexity index is 261. The lowest BCUT2D eigenvalue weighted by molar-refractivity contribution is -0.138. The maximum absolute atomic E-state index is 11.4. The first-order chi connectivity index (χ1) is 6.93. The molecule has 15 heavy (non-hydrogen) atoms. The highest BCUT2D eigenvalue weighted by Crippen LogP contribution is 2.16. The second kappa shape index (κ2) is 4.48. The smallest absolute Gasteiger partial charge is 0.325 e. The van der Waals surface area contributed by atoms with E-state index in [4.69, 9.17) is 9.84 Å². The molecule has 1 rings (SSSR count). The summed E-state index contributed by atoms with van der Waals surface area (Å²) < 4.78 is 5.15. The fourth-order valence-electron chi connectivity index (χ4n) is 1.33. The number of amides is 2. The topological polar surface area (TPSA) is 87.7 Å². The summed E-state index contributed by atoms with van der Waals surface area (Å²) in [5, 5.41) is 13.6. The molecule has 0 radical (unpaired) electrons. The summed E-state index contributed by atoms with van der Waals surface area (Å²) in [4.78, 5) is 21.9. The first-order valence-electron chi connectivity index (χ1n) is 4.82. The lowest BCUT2D eigenvalue weighted by Crippen LogP contribution is -2.53. The fraction of sp³-hybridized carbons (Fsp3) is 0.778. The van der Waals surface area contributed by atoms with Crippen LogP contribution in [-0.2, 0) is 9.53 Å². The van der Waals surface area contributed by atoms with Gasteiger partial charge in [-0.3, -0.25) is 4.79 Å². The van der Waals surface area contributed by atoms with Crippen LogP contribution in [0.2, 0.25) is 0 Å². The van der Waals surface area contributed by atoms with Crippen LogP contribution >= 0.6 is 0 Å². The number of hydrogen-bond acceptors (Lipinski definition) is 3. The average molecular weight is 216 g/mol. The summed E-state index contributed by atoms with van der Waals surface area (Å²) >= 11 is 0. The molecule has 1 aliphatic rings. The minimum absolute atomic E-state index is 0.387. The molecule has 0 saturated carbocycles. The number of ether oxygens (including phenoxy) is 1. The Hall–Kier alpha value is -1.30. The zero-order valence-corrected chi connectivity index (χ0v) is 8.87. The van der Waals surface area contributed by atoms with Crippen molar-refractivity contribution in [2.45, 2.75) is 31.8 Å². The summed E-state index contributed by atoms with van der Waals surface area (Å²) in [6.07, 6.45) is 0.738. The molecular formula is C9H16N2O4. The molecule has 6 nitrogen and oxygen atoms in total. The van der Waals surface area contributed by atoms with Crippen molar-refractivity contribution >= 4 is 12.0 Å². The molecule has 1 fully saturated rings. The quantitative estimate of drug-likeness (QED) is 0.616. The van der Waals surface area contributed by atoms with Crippen LogP contribution in [0.5, 0.6) is 0 Å². The summed E-state index contributed by atoms with van der Waals surface area (Å²) in [7, 11) is 0. The number of rotatable bonds is 3. The molecule has 2 unspecified atom stereocenters. The Balaban J connectivity index is 2.38.